The number of aryl methyl sites for hydroxylation is 1. The Labute approximate surface area is 115 Å². The standard InChI is InChI=1S/C16H22N2O/c17-10-5-11-18-12-9-16(14-18)19-13-4-8-15-6-2-1-3-7-15/h1-3,6-7,16H,4-5,8-9,11-14H2/t16-/m0/s1. The summed E-state index contributed by atoms with van der Waals surface area (Å²) in [6.45, 7) is 3.80. The monoisotopic (exact) mass is 258 g/mol. The highest BCUT2D eigenvalue weighted by molar-refractivity contribution is 5.14. The van der Waals surface area contributed by atoms with Crippen molar-refractivity contribution in [1.82, 2.24) is 4.90 Å². The Kier molecular flexibility index (Phi) is 5.87. The predicted molar refractivity (Wildman–Crippen MR) is 75.8 cm³/mol. The van der Waals surface area contributed by atoms with Gasteiger partial charge in [-0.3, -0.25) is 4.90 Å². The molecule has 0 bridgehead atoms. The first kappa shape index (κ1) is 14.0. The molecule has 0 amide bonds. The maximum absolute atomic E-state index is 8.57. The molecule has 1 aromatic carbocycles. The molecule has 0 aliphatic carbocycles. The lowest BCUT2D eigenvalue weighted by molar-refractivity contribution is 0.0578. The Balaban J connectivity index is 1.56. The second-order valence-electron chi connectivity index (χ2n) is 5.08. The second kappa shape index (κ2) is 7.93. The van der Waals surface area contributed by atoms with Gasteiger partial charge in [0, 0.05) is 32.7 Å². The normalized spacial score (nSPS) is 19.4. The lowest BCUT2D eigenvalue weighted by atomic mass is 10.1. The maximum atomic E-state index is 8.57. The van der Waals surface area contributed by atoms with Crippen LogP contribution in [-0.2, 0) is 11.2 Å². The van der Waals surface area contributed by atoms with Gasteiger partial charge in [0.25, 0.3) is 0 Å². The minimum absolute atomic E-state index is 0.370. The average molecular weight is 258 g/mol. The number of likely N-dealkylation sites (tertiary alicyclic amines) is 1. The number of hydrogen-bond acceptors (Lipinski definition) is 3. The number of ether oxygens (including phenoxy) is 1. The molecule has 0 unspecified atom stereocenters. The number of benzene rings is 1. The highest BCUT2D eigenvalue weighted by atomic mass is 16.5. The summed E-state index contributed by atoms with van der Waals surface area (Å²) in [4.78, 5) is 2.32. The molecule has 1 aliphatic heterocycles. The van der Waals surface area contributed by atoms with Gasteiger partial charge in [0.15, 0.2) is 0 Å². The fraction of sp³-hybridized carbons (Fsp3) is 0.562. The van der Waals surface area contributed by atoms with Crippen LogP contribution in [0.5, 0.6) is 0 Å². The molecule has 1 aliphatic rings. The topological polar surface area (TPSA) is 36.3 Å². The Hall–Kier alpha value is -1.37. The van der Waals surface area contributed by atoms with Gasteiger partial charge in [-0.1, -0.05) is 30.3 Å². The summed E-state index contributed by atoms with van der Waals surface area (Å²) < 4.78 is 5.91. The first-order valence-electron chi connectivity index (χ1n) is 7.13. The van der Waals surface area contributed by atoms with Gasteiger partial charge in [-0.15, -0.1) is 0 Å². The van der Waals surface area contributed by atoms with Crippen LogP contribution in [0.15, 0.2) is 30.3 Å². The molecule has 2 rings (SSSR count). The van der Waals surface area contributed by atoms with Crippen LogP contribution >= 0.6 is 0 Å². The Bertz CT molecular complexity index is 399. The Morgan fingerprint density at radius 2 is 2.16 bits per heavy atom. The van der Waals surface area contributed by atoms with Crippen LogP contribution in [0.25, 0.3) is 0 Å². The summed E-state index contributed by atoms with van der Waals surface area (Å²) >= 11 is 0. The van der Waals surface area contributed by atoms with Crippen LogP contribution in [0.4, 0.5) is 0 Å². The molecule has 0 spiro atoms. The highest BCUT2D eigenvalue weighted by Crippen LogP contribution is 2.13. The molecule has 3 heteroatoms. The third-order valence-corrected chi connectivity index (χ3v) is 3.58. The minimum atomic E-state index is 0.370. The second-order valence-corrected chi connectivity index (χ2v) is 5.08. The Morgan fingerprint density at radius 3 is 2.95 bits per heavy atom. The van der Waals surface area contributed by atoms with Crippen LogP contribution in [0, 0.1) is 11.3 Å². The average Bonchev–Trinajstić information content (AvgIpc) is 2.90. The zero-order chi connectivity index (χ0) is 13.3. The van der Waals surface area contributed by atoms with Gasteiger partial charge in [0.2, 0.25) is 0 Å². The molecular formula is C16H22N2O. The van der Waals surface area contributed by atoms with Crippen LogP contribution < -0.4 is 0 Å². The molecule has 1 fully saturated rings. The van der Waals surface area contributed by atoms with E-state index in [0.29, 0.717) is 12.5 Å². The van der Waals surface area contributed by atoms with Gasteiger partial charge >= 0.3 is 0 Å². The SMILES string of the molecule is N#CCCN1CC[C@H](OCCCc2ccccc2)C1. The van der Waals surface area contributed by atoms with Gasteiger partial charge < -0.3 is 4.74 Å². The first-order valence-corrected chi connectivity index (χ1v) is 7.13. The van der Waals surface area contributed by atoms with E-state index >= 15 is 0 Å². The molecule has 0 aromatic heterocycles. The molecule has 1 saturated heterocycles. The van der Waals surface area contributed by atoms with Crippen molar-refractivity contribution in [1.29, 1.82) is 5.26 Å². The third kappa shape index (κ3) is 5.02. The molecule has 102 valence electrons. The number of nitrogens with zero attached hydrogens (tertiary/aromatic N) is 2. The van der Waals surface area contributed by atoms with E-state index in [2.05, 4.69) is 35.2 Å². The smallest absolute Gasteiger partial charge is 0.0714 e. The van der Waals surface area contributed by atoms with Gasteiger partial charge in [0.05, 0.1) is 12.2 Å². The largest absolute Gasteiger partial charge is 0.377 e. The molecule has 1 atom stereocenters. The van der Waals surface area contributed by atoms with Crippen molar-refractivity contribution < 1.29 is 4.74 Å². The predicted octanol–water partition coefficient (Wildman–Crippen LogP) is 2.62. The van der Waals surface area contributed by atoms with E-state index < -0.39 is 0 Å². The summed E-state index contributed by atoms with van der Waals surface area (Å²) in [5.41, 5.74) is 1.38. The van der Waals surface area contributed by atoms with Crippen LogP contribution in [0.1, 0.15) is 24.8 Å². The Morgan fingerprint density at radius 1 is 1.32 bits per heavy atom. The summed E-state index contributed by atoms with van der Waals surface area (Å²) in [5, 5.41) is 8.57. The van der Waals surface area contributed by atoms with Crippen LogP contribution in [-0.4, -0.2) is 37.2 Å². The van der Waals surface area contributed by atoms with Crippen LogP contribution in [0.2, 0.25) is 0 Å². The third-order valence-electron chi connectivity index (χ3n) is 3.58. The minimum Gasteiger partial charge on any atom is -0.377 e. The zero-order valence-corrected chi connectivity index (χ0v) is 11.4. The first-order chi connectivity index (χ1) is 9.38. The number of rotatable bonds is 7. The van der Waals surface area contributed by atoms with Gasteiger partial charge in [-0.2, -0.15) is 5.26 Å². The molecular weight excluding hydrogens is 236 g/mol. The van der Waals surface area contributed by atoms with E-state index in [4.69, 9.17) is 10.00 Å². The van der Waals surface area contributed by atoms with E-state index in [1.165, 1.54) is 5.56 Å². The van der Waals surface area contributed by atoms with Crippen molar-refractivity contribution in [3.63, 3.8) is 0 Å². The molecule has 3 nitrogen and oxygen atoms in total. The van der Waals surface area contributed by atoms with Crippen LogP contribution in [0.3, 0.4) is 0 Å². The fourth-order valence-corrected chi connectivity index (χ4v) is 2.52. The lowest BCUT2D eigenvalue weighted by Gasteiger charge is -2.14. The van der Waals surface area contributed by atoms with E-state index in [9.17, 15) is 0 Å². The van der Waals surface area contributed by atoms with Crippen molar-refractivity contribution in [2.75, 3.05) is 26.2 Å². The highest BCUT2D eigenvalue weighted by Gasteiger charge is 2.22. The summed E-state index contributed by atoms with van der Waals surface area (Å²) in [6, 6.07) is 12.7. The van der Waals surface area contributed by atoms with Crippen molar-refractivity contribution in [2.45, 2.75) is 31.8 Å². The quantitative estimate of drug-likeness (QED) is 0.705. The molecule has 1 heterocycles. The fourth-order valence-electron chi connectivity index (χ4n) is 2.52. The molecule has 0 radical (unpaired) electrons. The van der Waals surface area contributed by atoms with Crippen molar-refractivity contribution >= 4 is 0 Å². The number of nitriles is 1. The van der Waals surface area contributed by atoms with Crippen molar-refractivity contribution in [2.24, 2.45) is 0 Å². The van der Waals surface area contributed by atoms with Gasteiger partial charge in [0.1, 0.15) is 0 Å². The lowest BCUT2D eigenvalue weighted by Crippen LogP contribution is -2.24. The number of hydrogen-bond donors (Lipinski definition) is 0. The van der Waals surface area contributed by atoms with E-state index in [1.54, 1.807) is 0 Å². The van der Waals surface area contributed by atoms with E-state index in [1.807, 2.05) is 6.07 Å². The van der Waals surface area contributed by atoms with Gasteiger partial charge in [-0.25, -0.2) is 0 Å². The van der Waals surface area contributed by atoms with E-state index in [-0.39, 0.29) is 0 Å². The zero-order valence-electron chi connectivity index (χ0n) is 11.4. The van der Waals surface area contributed by atoms with Crippen molar-refractivity contribution in [3.8, 4) is 6.07 Å². The molecule has 0 saturated carbocycles. The van der Waals surface area contributed by atoms with Gasteiger partial charge in [-0.05, 0) is 24.8 Å². The van der Waals surface area contributed by atoms with Crippen molar-refractivity contribution in [3.05, 3.63) is 35.9 Å². The molecule has 0 N–H and O–H groups in total. The summed E-state index contributed by atoms with van der Waals surface area (Å²) in [7, 11) is 0. The summed E-state index contributed by atoms with van der Waals surface area (Å²) in [5.74, 6) is 0. The molecule has 1 aromatic rings. The van der Waals surface area contributed by atoms with E-state index in [0.717, 1.165) is 45.5 Å². The summed E-state index contributed by atoms with van der Waals surface area (Å²) in [6.07, 6.45) is 4.27. The maximum Gasteiger partial charge on any atom is 0.0714 e. The molecule has 19 heavy (non-hydrogen) atoms.